The average molecular weight is 352 g/mol. The standard InChI is InChI=1S/C16H15NO.C6H13NO/c1-11(2)18-17-16-14-9-5-3-7-12(14)13-8-4-6-10-15(13)16;1-5(2)7-8-6(3)4/h3-11H,1-2H3;6H,1-4H3. The van der Waals surface area contributed by atoms with E-state index in [4.69, 9.17) is 9.68 Å². The second kappa shape index (κ2) is 9.18. The molecule has 0 fully saturated rings. The summed E-state index contributed by atoms with van der Waals surface area (Å²) in [5.74, 6) is 0. The Morgan fingerprint density at radius 3 is 1.46 bits per heavy atom. The summed E-state index contributed by atoms with van der Waals surface area (Å²) in [5.41, 5.74) is 6.67. The van der Waals surface area contributed by atoms with Gasteiger partial charge >= 0.3 is 0 Å². The zero-order chi connectivity index (χ0) is 19.1. The van der Waals surface area contributed by atoms with Crippen LogP contribution in [0.3, 0.4) is 0 Å². The van der Waals surface area contributed by atoms with Crippen molar-refractivity contribution >= 4 is 11.4 Å². The summed E-state index contributed by atoms with van der Waals surface area (Å²) in [6.07, 6.45) is 0.294. The number of fused-ring (bicyclic) bond motifs is 3. The van der Waals surface area contributed by atoms with Gasteiger partial charge in [0, 0.05) is 11.1 Å². The molecule has 4 heteroatoms. The number of nitrogens with zero attached hydrogens (tertiary/aromatic N) is 2. The molecule has 138 valence electrons. The maximum atomic E-state index is 5.43. The van der Waals surface area contributed by atoms with Crippen molar-refractivity contribution in [2.75, 3.05) is 0 Å². The van der Waals surface area contributed by atoms with Gasteiger partial charge in [0.15, 0.2) is 0 Å². The van der Waals surface area contributed by atoms with Gasteiger partial charge in [-0.05, 0) is 52.7 Å². The van der Waals surface area contributed by atoms with E-state index >= 15 is 0 Å². The molecule has 0 aliphatic heterocycles. The molecule has 0 bridgehead atoms. The lowest BCUT2D eigenvalue weighted by Crippen LogP contribution is -2.03. The predicted octanol–water partition coefficient (Wildman–Crippen LogP) is 5.65. The average Bonchev–Trinajstić information content (AvgIpc) is 2.93. The number of oxime groups is 2. The molecule has 0 spiro atoms. The Labute approximate surface area is 156 Å². The van der Waals surface area contributed by atoms with E-state index in [1.165, 1.54) is 11.1 Å². The third-order valence-electron chi connectivity index (χ3n) is 3.46. The fourth-order valence-electron chi connectivity index (χ4n) is 2.46. The topological polar surface area (TPSA) is 43.2 Å². The van der Waals surface area contributed by atoms with E-state index < -0.39 is 0 Å². The molecule has 26 heavy (non-hydrogen) atoms. The highest BCUT2D eigenvalue weighted by Gasteiger charge is 2.24. The molecular weight excluding hydrogens is 324 g/mol. The lowest BCUT2D eigenvalue weighted by Gasteiger charge is -2.05. The van der Waals surface area contributed by atoms with Gasteiger partial charge in [-0.25, -0.2) is 0 Å². The molecule has 0 heterocycles. The van der Waals surface area contributed by atoms with E-state index in [2.05, 4.69) is 46.7 Å². The molecule has 0 unspecified atom stereocenters. The molecule has 3 rings (SSSR count). The minimum atomic E-state index is 0.0948. The van der Waals surface area contributed by atoms with Crippen LogP contribution in [0.1, 0.15) is 52.7 Å². The lowest BCUT2D eigenvalue weighted by molar-refractivity contribution is 0.0857. The van der Waals surface area contributed by atoms with Crippen LogP contribution in [0, 0.1) is 0 Å². The van der Waals surface area contributed by atoms with Crippen LogP contribution < -0.4 is 0 Å². The van der Waals surface area contributed by atoms with E-state index in [1.807, 2.05) is 53.7 Å². The zero-order valence-corrected chi connectivity index (χ0v) is 16.5. The largest absolute Gasteiger partial charge is 0.393 e. The van der Waals surface area contributed by atoms with Crippen LogP contribution in [0.2, 0.25) is 0 Å². The van der Waals surface area contributed by atoms with E-state index in [0.717, 1.165) is 22.6 Å². The van der Waals surface area contributed by atoms with Crippen molar-refractivity contribution < 1.29 is 9.68 Å². The van der Waals surface area contributed by atoms with Gasteiger partial charge in [-0.1, -0.05) is 58.8 Å². The SMILES string of the molecule is CC(C)=NOC(C)C.CC(C)ON=C1c2ccccc2-c2ccccc21. The van der Waals surface area contributed by atoms with Crippen molar-refractivity contribution in [3.8, 4) is 11.1 Å². The quantitative estimate of drug-likeness (QED) is 0.450. The Hall–Kier alpha value is -2.62. The van der Waals surface area contributed by atoms with Crippen LogP contribution in [0.25, 0.3) is 11.1 Å². The van der Waals surface area contributed by atoms with Gasteiger partial charge in [-0.15, -0.1) is 0 Å². The molecule has 1 aliphatic rings. The van der Waals surface area contributed by atoms with Gasteiger partial charge in [0.1, 0.15) is 17.9 Å². The summed E-state index contributed by atoms with van der Waals surface area (Å²) < 4.78 is 0. The summed E-state index contributed by atoms with van der Waals surface area (Å²) in [6.45, 7) is 11.7. The highest BCUT2D eigenvalue weighted by molar-refractivity contribution is 6.24. The van der Waals surface area contributed by atoms with Gasteiger partial charge in [0.2, 0.25) is 0 Å². The summed E-state index contributed by atoms with van der Waals surface area (Å²) in [7, 11) is 0. The fraction of sp³-hybridized carbons (Fsp3) is 0.364. The molecule has 2 aromatic carbocycles. The van der Waals surface area contributed by atoms with Crippen molar-refractivity contribution in [3.63, 3.8) is 0 Å². The first-order valence-corrected chi connectivity index (χ1v) is 9.00. The van der Waals surface area contributed by atoms with Crippen LogP contribution in [0.5, 0.6) is 0 Å². The Balaban J connectivity index is 0.000000260. The molecule has 2 aromatic rings. The minimum absolute atomic E-state index is 0.0948. The van der Waals surface area contributed by atoms with E-state index in [0.29, 0.717) is 0 Å². The third kappa shape index (κ3) is 5.19. The molecule has 0 amide bonds. The first kappa shape index (κ1) is 19.7. The van der Waals surface area contributed by atoms with Crippen LogP contribution in [-0.2, 0) is 9.68 Å². The Kier molecular flexibility index (Phi) is 6.96. The fourth-order valence-corrected chi connectivity index (χ4v) is 2.46. The number of rotatable bonds is 4. The van der Waals surface area contributed by atoms with Crippen LogP contribution >= 0.6 is 0 Å². The van der Waals surface area contributed by atoms with Gasteiger partial charge in [-0.3, -0.25) is 0 Å². The van der Waals surface area contributed by atoms with Crippen molar-refractivity contribution in [2.45, 2.75) is 53.8 Å². The third-order valence-corrected chi connectivity index (χ3v) is 3.46. The van der Waals surface area contributed by atoms with E-state index in [1.54, 1.807) is 0 Å². The van der Waals surface area contributed by atoms with Crippen molar-refractivity contribution in [1.29, 1.82) is 0 Å². The molecule has 0 saturated heterocycles. The lowest BCUT2D eigenvalue weighted by atomic mass is 10.1. The molecule has 4 nitrogen and oxygen atoms in total. The Morgan fingerprint density at radius 2 is 1.12 bits per heavy atom. The first-order valence-electron chi connectivity index (χ1n) is 9.00. The minimum Gasteiger partial charge on any atom is -0.393 e. The first-order chi connectivity index (χ1) is 12.4. The predicted molar refractivity (Wildman–Crippen MR) is 109 cm³/mol. The monoisotopic (exact) mass is 352 g/mol. The summed E-state index contributed by atoms with van der Waals surface area (Å²) in [6, 6.07) is 16.6. The van der Waals surface area contributed by atoms with Crippen LogP contribution in [0.4, 0.5) is 0 Å². The molecule has 0 saturated carbocycles. The molecule has 0 aromatic heterocycles. The second-order valence-corrected chi connectivity index (χ2v) is 6.88. The van der Waals surface area contributed by atoms with Crippen molar-refractivity contribution in [1.82, 2.24) is 0 Å². The zero-order valence-electron chi connectivity index (χ0n) is 16.5. The molecule has 0 atom stereocenters. The molecule has 0 N–H and O–H groups in total. The normalized spacial score (nSPS) is 11.3. The summed E-state index contributed by atoms with van der Waals surface area (Å²) in [5, 5.41) is 8.06. The number of hydrogen-bond acceptors (Lipinski definition) is 4. The molecule has 1 aliphatic carbocycles. The maximum absolute atomic E-state index is 5.43. The van der Waals surface area contributed by atoms with E-state index in [-0.39, 0.29) is 12.2 Å². The Morgan fingerprint density at radius 1 is 0.692 bits per heavy atom. The van der Waals surface area contributed by atoms with Gasteiger partial charge in [-0.2, -0.15) is 0 Å². The second-order valence-electron chi connectivity index (χ2n) is 6.88. The van der Waals surface area contributed by atoms with Gasteiger partial charge in [0.05, 0.1) is 5.71 Å². The molecular formula is C22H28N2O2. The highest BCUT2D eigenvalue weighted by Crippen LogP contribution is 2.36. The Bertz CT molecular complexity index is 741. The number of benzene rings is 2. The van der Waals surface area contributed by atoms with Gasteiger partial charge < -0.3 is 9.68 Å². The van der Waals surface area contributed by atoms with Crippen molar-refractivity contribution in [3.05, 3.63) is 59.7 Å². The van der Waals surface area contributed by atoms with Gasteiger partial charge in [0.25, 0.3) is 0 Å². The summed E-state index contributed by atoms with van der Waals surface area (Å²) in [4.78, 5) is 10.3. The summed E-state index contributed by atoms with van der Waals surface area (Å²) >= 11 is 0. The van der Waals surface area contributed by atoms with Crippen LogP contribution in [-0.4, -0.2) is 23.6 Å². The highest BCUT2D eigenvalue weighted by atomic mass is 16.6. The van der Waals surface area contributed by atoms with Crippen LogP contribution in [0.15, 0.2) is 58.8 Å². The molecule has 0 radical (unpaired) electrons. The van der Waals surface area contributed by atoms with Crippen molar-refractivity contribution in [2.24, 2.45) is 10.3 Å². The number of hydrogen-bond donors (Lipinski definition) is 0. The smallest absolute Gasteiger partial charge is 0.122 e. The maximum Gasteiger partial charge on any atom is 0.122 e. The van der Waals surface area contributed by atoms with E-state index in [9.17, 15) is 0 Å².